The number of aromatic nitrogens is 1. The van der Waals surface area contributed by atoms with E-state index in [4.69, 9.17) is 10.00 Å². The van der Waals surface area contributed by atoms with Crippen LogP contribution in [0.15, 0.2) is 48.7 Å². The SMILES string of the molecule is N#Cc1ccnc(N2CCN(C(=O)C3CCN(C(=O)CCOc4ccccc4)CC3)CC2)c1. The van der Waals surface area contributed by atoms with Gasteiger partial charge in [0, 0.05) is 51.4 Å². The maximum absolute atomic E-state index is 13.0. The van der Waals surface area contributed by atoms with E-state index in [0.29, 0.717) is 70.7 Å². The van der Waals surface area contributed by atoms with E-state index in [-0.39, 0.29) is 17.7 Å². The summed E-state index contributed by atoms with van der Waals surface area (Å²) in [7, 11) is 0. The summed E-state index contributed by atoms with van der Waals surface area (Å²) in [5.74, 6) is 1.79. The number of anilines is 1. The van der Waals surface area contributed by atoms with Crippen molar-refractivity contribution in [1.29, 1.82) is 5.26 Å². The topological polar surface area (TPSA) is 89.8 Å². The molecule has 4 rings (SSSR count). The maximum Gasteiger partial charge on any atom is 0.225 e. The molecule has 2 fully saturated rings. The first-order valence-electron chi connectivity index (χ1n) is 11.5. The highest BCUT2D eigenvalue weighted by Crippen LogP contribution is 2.22. The predicted octanol–water partition coefficient (Wildman–Crippen LogP) is 2.31. The number of hydrogen-bond acceptors (Lipinski definition) is 6. The van der Waals surface area contributed by atoms with Crippen LogP contribution in [0.25, 0.3) is 0 Å². The summed E-state index contributed by atoms with van der Waals surface area (Å²) < 4.78 is 5.63. The molecule has 2 amide bonds. The van der Waals surface area contributed by atoms with Crippen molar-refractivity contribution in [2.24, 2.45) is 5.92 Å². The molecule has 3 heterocycles. The molecular weight excluding hydrogens is 418 g/mol. The van der Waals surface area contributed by atoms with Crippen molar-refractivity contribution in [3.8, 4) is 11.8 Å². The molecule has 2 aromatic rings. The Balaban J connectivity index is 1.19. The minimum Gasteiger partial charge on any atom is -0.493 e. The normalized spacial score (nSPS) is 16.9. The van der Waals surface area contributed by atoms with Gasteiger partial charge in [0.05, 0.1) is 24.7 Å². The van der Waals surface area contributed by atoms with Gasteiger partial charge < -0.3 is 19.4 Å². The zero-order valence-electron chi connectivity index (χ0n) is 18.7. The lowest BCUT2D eigenvalue weighted by molar-refractivity contribution is -0.141. The highest BCUT2D eigenvalue weighted by Gasteiger charge is 2.31. The Hall–Kier alpha value is -3.60. The molecule has 0 radical (unpaired) electrons. The number of rotatable bonds is 6. The molecule has 172 valence electrons. The van der Waals surface area contributed by atoms with Crippen LogP contribution in [0, 0.1) is 17.2 Å². The molecule has 2 aliphatic heterocycles. The molecule has 1 aromatic heterocycles. The number of ether oxygens (including phenoxy) is 1. The Bertz CT molecular complexity index is 991. The molecule has 2 saturated heterocycles. The number of likely N-dealkylation sites (tertiary alicyclic amines) is 1. The van der Waals surface area contributed by atoms with E-state index in [1.807, 2.05) is 40.1 Å². The van der Waals surface area contributed by atoms with Gasteiger partial charge in [0.25, 0.3) is 0 Å². The van der Waals surface area contributed by atoms with Crippen molar-refractivity contribution in [2.75, 3.05) is 50.8 Å². The first kappa shape index (κ1) is 22.6. The quantitative estimate of drug-likeness (QED) is 0.675. The van der Waals surface area contributed by atoms with Gasteiger partial charge in [-0.15, -0.1) is 0 Å². The first-order chi connectivity index (χ1) is 16.1. The van der Waals surface area contributed by atoms with Gasteiger partial charge in [0.2, 0.25) is 11.8 Å². The van der Waals surface area contributed by atoms with Crippen LogP contribution in [0.5, 0.6) is 5.75 Å². The second kappa shape index (κ2) is 10.8. The number of nitriles is 1. The van der Waals surface area contributed by atoms with Gasteiger partial charge in [-0.25, -0.2) is 4.98 Å². The summed E-state index contributed by atoms with van der Waals surface area (Å²) in [6.07, 6.45) is 3.40. The third-order valence-electron chi connectivity index (χ3n) is 6.31. The number of carbonyl (C=O) groups is 2. The minimum atomic E-state index is -0.0267. The summed E-state index contributed by atoms with van der Waals surface area (Å²) in [6, 6.07) is 15.1. The van der Waals surface area contributed by atoms with E-state index in [1.165, 1.54) is 0 Å². The number of piperazine rings is 1. The lowest BCUT2D eigenvalue weighted by Crippen LogP contribution is -2.52. The molecule has 8 nitrogen and oxygen atoms in total. The van der Waals surface area contributed by atoms with Crippen LogP contribution < -0.4 is 9.64 Å². The van der Waals surface area contributed by atoms with Crippen LogP contribution >= 0.6 is 0 Å². The molecule has 8 heteroatoms. The molecule has 0 N–H and O–H groups in total. The monoisotopic (exact) mass is 447 g/mol. The number of carbonyl (C=O) groups excluding carboxylic acids is 2. The molecule has 0 aliphatic carbocycles. The van der Waals surface area contributed by atoms with Crippen molar-refractivity contribution >= 4 is 17.6 Å². The number of para-hydroxylation sites is 1. The predicted molar refractivity (Wildman–Crippen MR) is 124 cm³/mol. The Labute approximate surface area is 194 Å². The Morgan fingerprint density at radius 2 is 1.73 bits per heavy atom. The van der Waals surface area contributed by atoms with Crippen LogP contribution in [0.1, 0.15) is 24.8 Å². The second-order valence-corrected chi connectivity index (χ2v) is 8.39. The number of amides is 2. The van der Waals surface area contributed by atoms with Crippen molar-refractivity contribution in [1.82, 2.24) is 14.8 Å². The summed E-state index contributed by atoms with van der Waals surface area (Å²) in [4.78, 5) is 35.8. The van der Waals surface area contributed by atoms with Gasteiger partial charge in [-0.2, -0.15) is 5.26 Å². The Morgan fingerprint density at radius 1 is 1.00 bits per heavy atom. The zero-order chi connectivity index (χ0) is 23.0. The average Bonchev–Trinajstić information content (AvgIpc) is 2.89. The lowest BCUT2D eigenvalue weighted by Gasteiger charge is -2.39. The van der Waals surface area contributed by atoms with Crippen molar-refractivity contribution in [2.45, 2.75) is 19.3 Å². The molecule has 1 aromatic carbocycles. The Morgan fingerprint density at radius 3 is 2.42 bits per heavy atom. The third kappa shape index (κ3) is 5.80. The van der Waals surface area contributed by atoms with E-state index < -0.39 is 0 Å². The molecule has 2 aliphatic rings. The molecule has 0 unspecified atom stereocenters. The number of pyridine rings is 1. The lowest BCUT2D eigenvalue weighted by atomic mass is 9.94. The van der Waals surface area contributed by atoms with Crippen LogP contribution in [0.2, 0.25) is 0 Å². The largest absolute Gasteiger partial charge is 0.493 e. The molecule has 33 heavy (non-hydrogen) atoms. The first-order valence-corrected chi connectivity index (χ1v) is 11.5. The van der Waals surface area contributed by atoms with E-state index >= 15 is 0 Å². The van der Waals surface area contributed by atoms with Crippen LogP contribution in [-0.4, -0.2) is 72.5 Å². The standard InChI is InChI=1S/C25H29N5O3/c26-19-20-6-10-27-23(18-20)28-13-15-30(16-14-28)25(32)21-7-11-29(12-8-21)24(31)9-17-33-22-4-2-1-3-5-22/h1-6,10,18,21H,7-9,11-17H2. The van der Waals surface area contributed by atoms with Gasteiger partial charge in [-0.3, -0.25) is 9.59 Å². The van der Waals surface area contributed by atoms with Crippen LogP contribution in [-0.2, 0) is 9.59 Å². The fourth-order valence-electron chi connectivity index (χ4n) is 4.38. The van der Waals surface area contributed by atoms with Gasteiger partial charge >= 0.3 is 0 Å². The fourth-order valence-corrected chi connectivity index (χ4v) is 4.38. The van der Waals surface area contributed by atoms with Crippen molar-refractivity contribution in [3.63, 3.8) is 0 Å². The summed E-state index contributed by atoms with van der Waals surface area (Å²) >= 11 is 0. The Kier molecular flexibility index (Phi) is 7.40. The van der Waals surface area contributed by atoms with Gasteiger partial charge in [-0.1, -0.05) is 18.2 Å². The second-order valence-electron chi connectivity index (χ2n) is 8.39. The molecule has 0 atom stereocenters. The third-order valence-corrected chi connectivity index (χ3v) is 6.31. The van der Waals surface area contributed by atoms with Crippen molar-refractivity contribution in [3.05, 3.63) is 54.2 Å². The van der Waals surface area contributed by atoms with Crippen molar-refractivity contribution < 1.29 is 14.3 Å². The number of piperidine rings is 1. The van der Waals surface area contributed by atoms with E-state index in [1.54, 1.807) is 18.3 Å². The summed E-state index contributed by atoms with van der Waals surface area (Å²) in [5, 5.41) is 9.08. The number of benzene rings is 1. The van der Waals surface area contributed by atoms with Gasteiger partial charge in [-0.05, 0) is 37.1 Å². The molecule has 0 spiro atoms. The number of hydrogen-bond donors (Lipinski definition) is 0. The molecule has 0 bridgehead atoms. The van der Waals surface area contributed by atoms with Gasteiger partial charge in [0.15, 0.2) is 0 Å². The maximum atomic E-state index is 13.0. The number of nitrogens with zero attached hydrogens (tertiary/aromatic N) is 5. The van der Waals surface area contributed by atoms with E-state index in [0.717, 1.165) is 11.6 Å². The molecule has 0 saturated carbocycles. The van der Waals surface area contributed by atoms with E-state index in [9.17, 15) is 9.59 Å². The summed E-state index contributed by atoms with van der Waals surface area (Å²) in [5.41, 5.74) is 0.589. The molecular formula is C25H29N5O3. The smallest absolute Gasteiger partial charge is 0.225 e. The van der Waals surface area contributed by atoms with E-state index in [2.05, 4.69) is 16.0 Å². The van der Waals surface area contributed by atoms with Crippen LogP contribution in [0.3, 0.4) is 0 Å². The highest BCUT2D eigenvalue weighted by atomic mass is 16.5. The fraction of sp³-hybridized carbons (Fsp3) is 0.440. The van der Waals surface area contributed by atoms with Gasteiger partial charge in [0.1, 0.15) is 11.6 Å². The highest BCUT2D eigenvalue weighted by molar-refractivity contribution is 5.80. The average molecular weight is 448 g/mol. The van der Waals surface area contributed by atoms with Crippen LogP contribution in [0.4, 0.5) is 5.82 Å². The summed E-state index contributed by atoms with van der Waals surface area (Å²) in [6.45, 7) is 4.29. The minimum absolute atomic E-state index is 0.0267. The zero-order valence-corrected chi connectivity index (χ0v) is 18.7.